The number of sulfonamides is 1. The molecule has 152 valence electrons. The standard InChI is InChI=1S/C19H21F3N2O3S/c1-3-4-12-24(2)18(25)14-8-10-17(11-9-14)28(26,27)23-16-7-5-6-15(13-16)19(20,21)22/h5-11,13,23H,3-4,12H2,1-2H3. The van der Waals surface area contributed by atoms with Crippen LogP contribution in [0.15, 0.2) is 53.4 Å². The van der Waals surface area contributed by atoms with E-state index >= 15 is 0 Å². The Morgan fingerprint density at radius 3 is 2.32 bits per heavy atom. The Balaban J connectivity index is 2.17. The highest BCUT2D eigenvalue weighted by atomic mass is 32.2. The van der Waals surface area contributed by atoms with Crippen LogP contribution in [0, 0.1) is 0 Å². The van der Waals surface area contributed by atoms with Gasteiger partial charge in [0.05, 0.1) is 10.5 Å². The molecule has 2 aromatic carbocycles. The van der Waals surface area contributed by atoms with Crippen molar-refractivity contribution in [1.29, 1.82) is 0 Å². The Morgan fingerprint density at radius 2 is 1.75 bits per heavy atom. The van der Waals surface area contributed by atoms with Crippen LogP contribution in [0.5, 0.6) is 0 Å². The van der Waals surface area contributed by atoms with Gasteiger partial charge in [-0.1, -0.05) is 19.4 Å². The lowest BCUT2D eigenvalue weighted by Gasteiger charge is -2.17. The fourth-order valence-corrected chi connectivity index (χ4v) is 3.52. The van der Waals surface area contributed by atoms with E-state index in [0.29, 0.717) is 12.1 Å². The Hall–Kier alpha value is -2.55. The molecule has 0 radical (unpaired) electrons. The zero-order valence-electron chi connectivity index (χ0n) is 15.5. The summed E-state index contributed by atoms with van der Waals surface area (Å²) in [5.41, 5.74) is -0.824. The zero-order chi connectivity index (χ0) is 20.9. The third-order valence-electron chi connectivity index (χ3n) is 4.05. The number of anilines is 1. The Bertz CT molecular complexity index is 926. The molecule has 9 heteroatoms. The van der Waals surface area contributed by atoms with Crippen LogP contribution in [0.3, 0.4) is 0 Å². The van der Waals surface area contributed by atoms with E-state index in [2.05, 4.69) is 4.72 Å². The maximum absolute atomic E-state index is 12.8. The molecular formula is C19H21F3N2O3S. The molecule has 0 aliphatic heterocycles. The van der Waals surface area contributed by atoms with Gasteiger partial charge in [0.2, 0.25) is 0 Å². The summed E-state index contributed by atoms with van der Waals surface area (Å²) >= 11 is 0. The molecule has 1 N–H and O–H groups in total. The number of alkyl halides is 3. The second kappa shape index (κ2) is 8.64. The molecule has 0 aliphatic carbocycles. The molecular weight excluding hydrogens is 393 g/mol. The van der Waals surface area contributed by atoms with Crippen LogP contribution in [-0.2, 0) is 16.2 Å². The van der Waals surface area contributed by atoms with Gasteiger partial charge in [-0.25, -0.2) is 8.42 Å². The molecule has 0 saturated carbocycles. The van der Waals surface area contributed by atoms with Gasteiger partial charge in [0.1, 0.15) is 0 Å². The molecule has 2 rings (SSSR count). The molecule has 0 bridgehead atoms. The van der Waals surface area contributed by atoms with Crippen molar-refractivity contribution in [2.75, 3.05) is 18.3 Å². The minimum Gasteiger partial charge on any atom is -0.342 e. The predicted molar refractivity (Wildman–Crippen MR) is 101 cm³/mol. The lowest BCUT2D eigenvalue weighted by atomic mass is 10.2. The predicted octanol–water partition coefficient (Wildman–Crippen LogP) is 4.38. The number of hydrogen-bond acceptors (Lipinski definition) is 3. The van der Waals surface area contributed by atoms with Crippen molar-refractivity contribution in [2.24, 2.45) is 0 Å². The van der Waals surface area contributed by atoms with E-state index in [0.717, 1.165) is 31.0 Å². The first-order chi connectivity index (χ1) is 13.0. The molecule has 0 fully saturated rings. The molecule has 0 spiro atoms. The van der Waals surface area contributed by atoms with Gasteiger partial charge in [-0.05, 0) is 48.9 Å². The van der Waals surface area contributed by atoms with E-state index in [-0.39, 0.29) is 16.5 Å². The van der Waals surface area contributed by atoms with Gasteiger partial charge in [0.15, 0.2) is 0 Å². The quantitative estimate of drug-likeness (QED) is 0.731. The van der Waals surface area contributed by atoms with Crippen molar-refractivity contribution in [2.45, 2.75) is 30.8 Å². The first-order valence-corrected chi connectivity index (χ1v) is 10.1. The van der Waals surface area contributed by atoms with Gasteiger partial charge < -0.3 is 4.90 Å². The van der Waals surface area contributed by atoms with Crippen LogP contribution >= 0.6 is 0 Å². The smallest absolute Gasteiger partial charge is 0.342 e. The molecule has 0 heterocycles. The first-order valence-electron chi connectivity index (χ1n) is 8.60. The molecule has 0 saturated heterocycles. The summed E-state index contributed by atoms with van der Waals surface area (Å²) in [4.78, 5) is 13.7. The summed E-state index contributed by atoms with van der Waals surface area (Å²) in [5, 5.41) is 0. The largest absolute Gasteiger partial charge is 0.416 e. The summed E-state index contributed by atoms with van der Waals surface area (Å²) in [7, 11) is -2.43. The van der Waals surface area contributed by atoms with Crippen molar-refractivity contribution in [3.05, 3.63) is 59.7 Å². The summed E-state index contributed by atoms with van der Waals surface area (Å²) < 4.78 is 65.3. The minimum absolute atomic E-state index is 0.155. The first kappa shape index (κ1) is 21.7. The van der Waals surface area contributed by atoms with Crippen molar-refractivity contribution in [3.8, 4) is 0 Å². The Morgan fingerprint density at radius 1 is 1.11 bits per heavy atom. The van der Waals surface area contributed by atoms with Crippen LogP contribution in [0.25, 0.3) is 0 Å². The van der Waals surface area contributed by atoms with Crippen LogP contribution < -0.4 is 4.72 Å². The second-order valence-electron chi connectivity index (χ2n) is 6.29. The van der Waals surface area contributed by atoms with E-state index in [1.807, 2.05) is 6.92 Å². The van der Waals surface area contributed by atoms with Gasteiger partial charge >= 0.3 is 6.18 Å². The average molecular weight is 414 g/mol. The van der Waals surface area contributed by atoms with E-state index < -0.39 is 21.8 Å². The van der Waals surface area contributed by atoms with Gasteiger partial charge in [-0.2, -0.15) is 13.2 Å². The topological polar surface area (TPSA) is 66.5 Å². The van der Waals surface area contributed by atoms with E-state index in [4.69, 9.17) is 0 Å². The number of nitrogens with one attached hydrogen (secondary N) is 1. The SMILES string of the molecule is CCCCN(C)C(=O)c1ccc(S(=O)(=O)Nc2cccc(C(F)(F)F)c2)cc1. The maximum atomic E-state index is 12.8. The lowest BCUT2D eigenvalue weighted by molar-refractivity contribution is -0.137. The van der Waals surface area contributed by atoms with Crippen molar-refractivity contribution >= 4 is 21.6 Å². The summed E-state index contributed by atoms with van der Waals surface area (Å²) in [5.74, 6) is -0.233. The van der Waals surface area contributed by atoms with Gasteiger partial charge in [-0.15, -0.1) is 0 Å². The van der Waals surface area contributed by atoms with Crippen LogP contribution in [0.4, 0.5) is 18.9 Å². The lowest BCUT2D eigenvalue weighted by Crippen LogP contribution is -2.27. The molecule has 2 aromatic rings. The van der Waals surface area contributed by atoms with Crippen molar-refractivity contribution in [1.82, 2.24) is 4.90 Å². The number of carbonyl (C=O) groups is 1. The van der Waals surface area contributed by atoms with Crippen LogP contribution in [-0.4, -0.2) is 32.8 Å². The molecule has 0 aromatic heterocycles. The molecule has 28 heavy (non-hydrogen) atoms. The number of hydrogen-bond donors (Lipinski definition) is 1. The molecule has 1 amide bonds. The molecule has 5 nitrogen and oxygen atoms in total. The maximum Gasteiger partial charge on any atom is 0.416 e. The third kappa shape index (κ3) is 5.48. The van der Waals surface area contributed by atoms with Crippen molar-refractivity contribution < 1.29 is 26.4 Å². The fourth-order valence-electron chi connectivity index (χ4n) is 2.47. The highest BCUT2D eigenvalue weighted by Gasteiger charge is 2.30. The van der Waals surface area contributed by atoms with E-state index in [1.165, 1.54) is 30.3 Å². The van der Waals surface area contributed by atoms with Crippen molar-refractivity contribution in [3.63, 3.8) is 0 Å². The highest BCUT2D eigenvalue weighted by molar-refractivity contribution is 7.92. The minimum atomic E-state index is -4.58. The number of unbranched alkanes of at least 4 members (excludes halogenated alkanes) is 1. The Kier molecular flexibility index (Phi) is 6.71. The number of halogens is 3. The van der Waals surface area contributed by atoms with Gasteiger partial charge in [0.25, 0.3) is 15.9 Å². The van der Waals surface area contributed by atoms with Crippen LogP contribution in [0.1, 0.15) is 35.7 Å². The Labute approximate surface area is 162 Å². The second-order valence-corrected chi connectivity index (χ2v) is 7.97. The number of nitrogens with zero attached hydrogens (tertiary/aromatic N) is 1. The third-order valence-corrected chi connectivity index (χ3v) is 5.44. The summed E-state index contributed by atoms with van der Waals surface area (Å²) in [6, 6.07) is 9.18. The van der Waals surface area contributed by atoms with E-state index in [1.54, 1.807) is 11.9 Å². The number of amides is 1. The highest BCUT2D eigenvalue weighted by Crippen LogP contribution is 2.31. The normalized spacial score (nSPS) is 11.9. The average Bonchev–Trinajstić information content (AvgIpc) is 2.64. The number of carbonyl (C=O) groups excluding carboxylic acids is 1. The van der Waals surface area contributed by atoms with E-state index in [9.17, 15) is 26.4 Å². The number of rotatable bonds is 7. The molecule has 0 unspecified atom stereocenters. The molecule has 0 aliphatic rings. The monoisotopic (exact) mass is 414 g/mol. The van der Waals surface area contributed by atoms with Gasteiger partial charge in [-0.3, -0.25) is 9.52 Å². The number of benzene rings is 2. The molecule has 0 atom stereocenters. The van der Waals surface area contributed by atoms with Crippen LogP contribution in [0.2, 0.25) is 0 Å². The summed E-state index contributed by atoms with van der Waals surface area (Å²) in [6.45, 7) is 2.60. The van der Waals surface area contributed by atoms with Gasteiger partial charge in [0, 0.05) is 24.8 Å². The zero-order valence-corrected chi connectivity index (χ0v) is 16.3. The summed E-state index contributed by atoms with van der Waals surface area (Å²) in [6.07, 6.45) is -2.78. The fraction of sp³-hybridized carbons (Fsp3) is 0.316.